The highest BCUT2D eigenvalue weighted by atomic mass is 32.1. The summed E-state index contributed by atoms with van der Waals surface area (Å²) in [5, 5.41) is 19.1. The van der Waals surface area contributed by atoms with Gasteiger partial charge in [-0.25, -0.2) is 9.59 Å². The lowest BCUT2D eigenvalue weighted by Gasteiger charge is -1.95. The Bertz CT molecular complexity index is 614. The lowest BCUT2D eigenvalue weighted by Crippen LogP contribution is -1.97. The quantitative estimate of drug-likeness (QED) is 0.799. The number of rotatable bonds is 2. The van der Waals surface area contributed by atoms with Crippen LogP contribution in [0.15, 0.2) is 18.2 Å². The van der Waals surface area contributed by atoms with Crippen molar-refractivity contribution in [2.75, 3.05) is 7.11 Å². The number of methoxy groups -OCH3 is 1. The van der Waals surface area contributed by atoms with Gasteiger partial charge < -0.3 is 14.9 Å². The fourth-order valence-electron chi connectivity index (χ4n) is 1.45. The molecular formula is C11H8O5S. The van der Waals surface area contributed by atoms with Crippen LogP contribution < -0.4 is 0 Å². The van der Waals surface area contributed by atoms with E-state index in [-0.39, 0.29) is 16.2 Å². The molecule has 1 aromatic heterocycles. The normalized spacial score (nSPS) is 10.4. The van der Waals surface area contributed by atoms with Gasteiger partial charge in [-0.1, -0.05) is 0 Å². The zero-order valence-electron chi connectivity index (χ0n) is 8.76. The number of aromatic carboxylic acids is 1. The van der Waals surface area contributed by atoms with Crippen molar-refractivity contribution in [3.63, 3.8) is 0 Å². The number of thiophene rings is 1. The second kappa shape index (κ2) is 4.06. The number of aromatic hydroxyl groups is 1. The first-order valence-corrected chi connectivity index (χ1v) is 5.43. The molecule has 88 valence electrons. The zero-order chi connectivity index (χ0) is 12.6. The van der Waals surface area contributed by atoms with Gasteiger partial charge in [-0.15, -0.1) is 11.3 Å². The first kappa shape index (κ1) is 11.4. The van der Waals surface area contributed by atoms with Crippen molar-refractivity contribution >= 4 is 33.4 Å². The summed E-state index contributed by atoms with van der Waals surface area (Å²) in [6.07, 6.45) is 0. The Balaban J connectivity index is 2.65. The SMILES string of the molecule is COC(=O)c1sc2cc(C(=O)O)ccc2c1O. The second-order valence-electron chi connectivity index (χ2n) is 3.29. The lowest BCUT2D eigenvalue weighted by atomic mass is 10.1. The molecule has 0 saturated heterocycles. The molecule has 0 aliphatic carbocycles. The van der Waals surface area contributed by atoms with Crippen LogP contribution in [-0.2, 0) is 4.74 Å². The maximum Gasteiger partial charge on any atom is 0.351 e. The van der Waals surface area contributed by atoms with E-state index in [1.54, 1.807) is 0 Å². The molecule has 0 saturated carbocycles. The van der Waals surface area contributed by atoms with Crippen LogP contribution in [0.1, 0.15) is 20.0 Å². The van der Waals surface area contributed by atoms with Crippen LogP contribution >= 0.6 is 11.3 Å². The third-order valence-corrected chi connectivity index (χ3v) is 3.40. The Kier molecular flexibility index (Phi) is 2.72. The van der Waals surface area contributed by atoms with Crippen molar-refractivity contribution in [1.82, 2.24) is 0 Å². The fraction of sp³-hybridized carbons (Fsp3) is 0.0909. The van der Waals surface area contributed by atoms with Crippen LogP contribution in [0.2, 0.25) is 0 Å². The third kappa shape index (κ3) is 1.83. The summed E-state index contributed by atoms with van der Waals surface area (Å²) in [5.41, 5.74) is 0.107. The summed E-state index contributed by atoms with van der Waals surface area (Å²) in [6.45, 7) is 0. The van der Waals surface area contributed by atoms with E-state index < -0.39 is 11.9 Å². The van der Waals surface area contributed by atoms with Crippen LogP contribution in [-0.4, -0.2) is 29.3 Å². The van der Waals surface area contributed by atoms with Gasteiger partial charge in [0.1, 0.15) is 5.75 Å². The Labute approximate surface area is 99.9 Å². The van der Waals surface area contributed by atoms with Gasteiger partial charge in [-0.3, -0.25) is 0 Å². The summed E-state index contributed by atoms with van der Waals surface area (Å²) < 4.78 is 5.05. The minimum Gasteiger partial charge on any atom is -0.505 e. The molecule has 17 heavy (non-hydrogen) atoms. The van der Waals surface area contributed by atoms with Gasteiger partial charge in [0.15, 0.2) is 4.88 Å². The second-order valence-corrected chi connectivity index (χ2v) is 4.34. The monoisotopic (exact) mass is 252 g/mol. The van der Waals surface area contributed by atoms with Crippen LogP contribution in [0.5, 0.6) is 5.75 Å². The standard InChI is InChI=1S/C11H8O5S/c1-16-11(15)9-8(12)6-3-2-5(10(13)14)4-7(6)17-9/h2-4,12H,1H3,(H,13,14). The molecule has 0 atom stereocenters. The molecule has 0 amide bonds. The van der Waals surface area contributed by atoms with Crippen LogP contribution in [0, 0.1) is 0 Å². The molecule has 1 heterocycles. The molecule has 0 fully saturated rings. The predicted octanol–water partition coefficient (Wildman–Crippen LogP) is 2.09. The van der Waals surface area contributed by atoms with E-state index in [4.69, 9.17) is 5.11 Å². The van der Waals surface area contributed by atoms with Gasteiger partial charge in [0, 0.05) is 10.1 Å². The molecule has 2 rings (SSSR count). The van der Waals surface area contributed by atoms with E-state index in [1.807, 2.05) is 0 Å². The van der Waals surface area contributed by atoms with Crippen LogP contribution in [0.4, 0.5) is 0 Å². The average molecular weight is 252 g/mol. The van der Waals surface area contributed by atoms with E-state index in [0.29, 0.717) is 10.1 Å². The van der Waals surface area contributed by atoms with Crippen LogP contribution in [0.25, 0.3) is 10.1 Å². The molecule has 0 aliphatic heterocycles. The number of benzene rings is 1. The molecule has 1 aromatic carbocycles. The summed E-state index contributed by atoms with van der Waals surface area (Å²) >= 11 is 1.00. The smallest absolute Gasteiger partial charge is 0.351 e. The van der Waals surface area contributed by atoms with E-state index in [9.17, 15) is 14.7 Å². The Hall–Kier alpha value is -2.08. The first-order chi connectivity index (χ1) is 8.04. The van der Waals surface area contributed by atoms with E-state index in [1.165, 1.54) is 25.3 Å². The number of carboxylic acids is 1. The van der Waals surface area contributed by atoms with E-state index in [2.05, 4.69) is 4.74 Å². The third-order valence-electron chi connectivity index (χ3n) is 2.28. The first-order valence-electron chi connectivity index (χ1n) is 4.61. The van der Waals surface area contributed by atoms with Crippen LogP contribution in [0.3, 0.4) is 0 Å². The molecule has 0 bridgehead atoms. The molecule has 5 nitrogen and oxygen atoms in total. The van der Waals surface area contributed by atoms with Crippen molar-refractivity contribution in [1.29, 1.82) is 0 Å². The van der Waals surface area contributed by atoms with Crippen molar-refractivity contribution in [2.45, 2.75) is 0 Å². The highest BCUT2D eigenvalue weighted by Crippen LogP contribution is 2.37. The number of esters is 1. The average Bonchev–Trinajstić information content (AvgIpc) is 2.65. The summed E-state index contributed by atoms with van der Waals surface area (Å²) in [4.78, 5) is 22.2. The number of ether oxygens (including phenoxy) is 1. The number of hydrogen-bond acceptors (Lipinski definition) is 5. The molecule has 6 heteroatoms. The van der Waals surface area contributed by atoms with E-state index >= 15 is 0 Å². The summed E-state index contributed by atoms with van der Waals surface area (Å²) in [5.74, 6) is -1.87. The van der Waals surface area contributed by atoms with Crippen molar-refractivity contribution in [3.8, 4) is 5.75 Å². The molecule has 0 spiro atoms. The number of carbonyl (C=O) groups is 2. The van der Waals surface area contributed by atoms with Gasteiger partial charge in [-0.05, 0) is 18.2 Å². The Morgan fingerprint density at radius 3 is 2.65 bits per heavy atom. The maximum absolute atomic E-state index is 11.3. The molecule has 2 aromatic rings. The Morgan fingerprint density at radius 1 is 1.35 bits per heavy atom. The summed E-state index contributed by atoms with van der Waals surface area (Å²) in [6, 6.07) is 4.25. The van der Waals surface area contributed by atoms with Gasteiger partial charge in [0.2, 0.25) is 0 Å². The number of carbonyl (C=O) groups excluding carboxylic acids is 1. The lowest BCUT2D eigenvalue weighted by molar-refractivity contribution is 0.0602. The van der Waals surface area contributed by atoms with Crippen molar-refractivity contribution < 1.29 is 24.5 Å². The minimum atomic E-state index is -1.06. The Morgan fingerprint density at radius 2 is 2.06 bits per heavy atom. The number of fused-ring (bicyclic) bond motifs is 1. The molecule has 0 unspecified atom stereocenters. The topological polar surface area (TPSA) is 83.8 Å². The van der Waals surface area contributed by atoms with Gasteiger partial charge in [-0.2, -0.15) is 0 Å². The van der Waals surface area contributed by atoms with Crippen molar-refractivity contribution in [2.24, 2.45) is 0 Å². The largest absolute Gasteiger partial charge is 0.505 e. The van der Waals surface area contributed by atoms with Gasteiger partial charge in [0.05, 0.1) is 12.7 Å². The van der Waals surface area contributed by atoms with E-state index in [0.717, 1.165) is 11.3 Å². The van der Waals surface area contributed by atoms with Crippen molar-refractivity contribution in [3.05, 3.63) is 28.6 Å². The molecular weight excluding hydrogens is 244 g/mol. The molecule has 2 N–H and O–H groups in total. The maximum atomic E-state index is 11.3. The number of carboxylic acid groups (broad SMARTS) is 1. The highest BCUT2D eigenvalue weighted by molar-refractivity contribution is 7.21. The summed E-state index contributed by atoms with van der Waals surface area (Å²) in [7, 11) is 1.22. The molecule has 0 radical (unpaired) electrons. The zero-order valence-corrected chi connectivity index (χ0v) is 9.58. The van der Waals surface area contributed by atoms with Gasteiger partial charge >= 0.3 is 11.9 Å². The minimum absolute atomic E-state index is 0.0741. The predicted molar refractivity (Wildman–Crippen MR) is 61.8 cm³/mol. The van der Waals surface area contributed by atoms with Gasteiger partial charge in [0.25, 0.3) is 0 Å². The number of hydrogen-bond donors (Lipinski definition) is 2. The fourth-order valence-corrected chi connectivity index (χ4v) is 2.50. The highest BCUT2D eigenvalue weighted by Gasteiger charge is 2.19. The molecule has 0 aliphatic rings.